The quantitative estimate of drug-likeness (QED) is 0.167. The van der Waals surface area contributed by atoms with Crippen molar-refractivity contribution in [3.63, 3.8) is 0 Å². The summed E-state index contributed by atoms with van der Waals surface area (Å²) in [5.74, 6) is 0.836. The lowest BCUT2D eigenvalue weighted by Gasteiger charge is -2.17. The predicted molar refractivity (Wildman–Crippen MR) is 268 cm³/mol. The third kappa shape index (κ3) is 4.10. The van der Waals surface area contributed by atoms with Crippen molar-refractivity contribution in [2.45, 2.75) is 12.8 Å². The second-order valence-corrected chi connectivity index (χ2v) is 18.5. The van der Waals surface area contributed by atoms with Crippen LogP contribution in [0.2, 0.25) is 0 Å². The van der Waals surface area contributed by atoms with Crippen LogP contribution in [0.25, 0.3) is 147 Å². The van der Waals surface area contributed by atoms with Gasteiger partial charge >= 0.3 is 0 Å². The average Bonchev–Trinajstić information content (AvgIpc) is 4.09. The molecule has 1 aliphatic rings. The van der Waals surface area contributed by atoms with E-state index in [0.29, 0.717) is 0 Å². The Morgan fingerprint density at radius 1 is 0.484 bits per heavy atom. The standard InChI is InChI=1S/C58H32N4OS/c1-3-17-37-34(14-1)35-15-2-4-18-38(35)56-55(37)59-54(32-13-9-12-31(30-32)33-20-10-25-46-49(33)40-19-6-8-24-45(40)63-46)58(60-56)62-43-23-11-22-42-50(43)51-44(62)27-29-47-52(51)53-48(64-47)28-26-39-36-16-5-7-21-41(36)61(42)57(39)53/h1-10,12-21,23-30H,11,22H2. The van der Waals surface area contributed by atoms with E-state index in [-0.39, 0.29) is 0 Å². The molecule has 296 valence electrons. The molecule has 1 aliphatic carbocycles. The van der Waals surface area contributed by atoms with E-state index in [1.807, 2.05) is 17.4 Å². The van der Waals surface area contributed by atoms with Gasteiger partial charge in [-0.2, -0.15) is 0 Å². The van der Waals surface area contributed by atoms with Crippen LogP contribution in [-0.2, 0) is 6.42 Å². The highest BCUT2D eigenvalue weighted by molar-refractivity contribution is 7.26. The largest absolute Gasteiger partial charge is 0.456 e. The Hall–Kier alpha value is -8.06. The number of hydrogen-bond acceptors (Lipinski definition) is 4. The highest BCUT2D eigenvalue weighted by atomic mass is 32.1. The topological polar surface area (TPSA) is 48.3 Å². The van der Waals surface area contributed by atoms with Crippen molar-refractivity contribution in [3.05, 3.63) is 175 Å². The van der Waals surface area contributed by atoms with Crippen molar-refractivity contribution in [1.82, 2.24) is 18.9 Å². The molecular formula is C58H32N4OS. The molecule has 0 radical (unpaired) electrons. The molecule has 0 fully saturated rings. The molecule has 9 aromatic carbocycles. The molecule has 0 aliphatic heterocycles. The number of nitrogens with zero attached hydrogens (tertiary/aromatic N) is 4. The predicted octanol–water partition coefficient (Wildman–Crippen LogP) is 14.9. The Labute approximate surface area is 367 Å². The van der Waals surface area contributed by atoms with Crippen LogP contribution < -0.4 is 5.35 Å². The van der Waals surface area contributed by atoms with E-state index in [9.17, 15) is 0 Å². The summed E-state index contributed by atoms with van der Waals surface area (Å²) in [7, 11) is 0. The second kappa shape index (κ2) is 11.9. The van der Waals surface area contributed by atoms with Gasteiger partial charge in [0.25, 0.3) is 0 Å². The normalized spacial score (nSPS) is 13.3. The molecule has 16 rings (SSSR count). The first-order valence-corrected chi connectivity index (χ1v) is 22.9. The highest BCUT2D eigenvalue weighted by Crippen LogP contribution is 2.49. The molecule has 5 nitrogen and oxygen atoms in total. The van der Waals surface area contributed by atoms with Crippen molar-refractivity contribution in [3.8, 4) is 28.2 Å². The smallest absolute Gasteiger partial charge is 0.165 e. The van der Waals surface area contributed by atoms with E-state index in [4.69, 9.17) is 14.4 Å². The molecular weight excluding hydrogens is 801 g/mol. The van der Waals surface area contributed by atoms with Crippen molar-refractivity contribution < 1.29 is 4.42 Å². The van der Waals surface area contributed by atoms with Gasteiger partial charge in [-0.05, 0) is 77.2 Å². The molecule has 0 saturated heterocycles. The minimum absolute atomic E-state index is 0.836. The number of benzene rings is 9. The molecule has 0 amide bonds. The average molecular weight is 833 g/mol. The third-order valence-electron chi connectivity index (χ3n) is 14.3. The summed E-state index contributed by atoms with van der Waals surface area (Å²) in [6.07, 6.45) is 4.33. The minimum atomic E-state index is 0.836. The fourth-order valence-electron chi connectivity index (χ4n) is 11.7. The SMILES string of the molecule is C1=c2c3c(n4c5ccccc5c5ccc6sc7ccc(c3c7c6c54)n2-c2nc3c4ccccc4c4ccccc4c3nc2-c2cccc(-c3cccc4oc5ccccc5c34)c2)CC1. The monoisotopic (exact) mass is 832 g/mol. The van der Waals surface area contributed by atoms with Crippen LogP contribution in [0.15, 0.2) is 168 Å². The van der Waals surface area contributed by atoms with Crippen molar-refractivity contribution >= 4 is 130 Å². The molecule has 6 heterocycles. The maximum atomic E-state index is 6.38. The van der Waals surface area contributed by atoms with Gasteiger partial charge in [-0.1, -0.05) is 127 Å². The number of aromatic nitrogens is 4. The number of aryl methyl sites for hydroxylation is 1. The van der Waals surface area contributed by atoms with E-state index in [1.165, 1.54) is 74.6 Å². The summed E-state index contributed by atoms with van der Waals surface area (Å²) in [6.45, 7) is 0. The first kappa shape index (κ1) is 33.6. The fraction of sp³-hybridized carbons (Fsp3) is 0.0345. The summed E-state index contributed by atoms with van der Waals surface area (Å²) in [5, 5.41) is 15.9. The van der Waals surface area contributed by atoms with Gasteiger partial charge in [0.2, 0.25) is 0 Å². The number of thiophene rings is 1. The molecule has 6 heteroatoms. The third-order valence-corrected chi connectivity index (χ3v) is 15.4. The zero-order valence-corrected chi connectivity index (χ0v) is 35.0. The van der Waals surface area contributed by atoms with E-state index >= 15 is 0 Å². The summed E-state index contributed by atoms with van der Waals surface area (Å²) >= 11 is 1.90. The van der Waals surface area contributed by atoms with Gasteiger partial charge in [0.05, 0.1) is 32.9 Å². The zero-order chi connectivity index (χ0) is 41.4. The lowest BCUT2D eigenvalue weighted by atomic mass is 9.96. The van der Waals surface area contributed by atoms with E-state index in [0.717, 1.165) is 90.3 Å². The van der Waals surface area contributed by atoms with Crippen LogP contribution in [0.5, 0.6) is 0 Å². The van der Waals surface area contributed by atoms with E-state index < -0.39 is 0 Å². The fourth-order valence-corrected chi connectivity index (χ4v) is 12.9. The van der Waals surface area contributed by atoms with Gasteiger partial charge in [-0.25, -0.2) is 9.97 Å². The molecule has 6 aromatic heterocycles. The lowest BCUT2D eigenvalue weighted by Crippen LogP contribution is -2.21. The second-order valence-electron chi connectivity index (χ2n) is 17.4. The zero-order valence-electron chi connectivity index (χ0n) is 34.2. The van der Waals surface area contributed by atoms with Crippen LogP contribution >= 0.6 is 11.3 Å². The Morgan fingerprint density at radius 3 is 2.03 bits per heavy atom. The van der Waals surface area contributed by atoms with Gasteiger partial charge < -0.3 is 8.82 Å². The maximum absolute atomic E-state index is 6.38. The molecule has 0 atom stereocenters. The van der Waals surface area contributed by atoms with Crippen molar-refractivity contribution in [2.24, 2.45) is 0 Å². The van der Waals surface area contributed by atoms with Crippen LogP contribution in [0.3, 0.4) is 0 Å². The summed E-state index contributed by atoms with van der Waals surface area (Å²) in [6, 6.07) is 59.3. The van der Waals surface area contributed by atoms with Crippen molar-refractivity contribution in [1.29, 1.82) is 0 Å². The van der Waals surface area contributed by atoms with Crippen LogP contribution in [-0.4, -0.2) is 18.9 Å². The lowest BCUT2D eigenvalue weighted by molar-refractivity contribution is 0.669. The minimum Gasteiger partial charge on any atom is -0.456 e. The first-order chi connectivity index (χ1) is 31.8. The Kier molecular flexibility index (Phi) is 6.23. The van der Waals surface area contributed by atoms with Gasteiger partial charge in [0.1, 0.15) is 16.9 Å². The summed E-state index contributed by atoms with van der Waals surface area (Å²) in [5.41, 5.74) is 12.8. The van der Waals surface area contributed by atoms with Crippen LogP contribution in [0.1, 0.15) is 12.1 Å². The number of hydrogen-bond donors (Lipinski definition) is 0. The molecule has 0 bridgehead atoms. The van der Waals surface area contributed by atoms with Gasteiger partial charge in [0.15, 0.2) is 5.82 Å². The molecule has 0 saturated carbocycles. The van der Waals surface area contributed by atoms with Crippen LogP contribution in [0, 0.1) is 0 Å². The number of para-hydroxylation sites is 2. The van der Waals surface area contributed by atoms with Crippen LogP contribution in [0.4, 0.5) is 0 Å². The number of fused-ring (bicyclic) bond motifs is 13. The van der Waals surface area contributed by atoms with E-state index in [2.05, 4.69) is 173 Å². The molecule has 0 unspecified atom stereocenters. The van der Waals surface area contributed by atoms with Gasteiger partial charge in [0, 0.05) is 74.5 Å². The maximum Gasteiger partial charge on any atom is 0.165 e. The van der Waals surface area contributed by atoms with Gasteiger partial charge in [-0.3, -0.25) is 4.57 Å². The van der Waals surface area contributed by atoms with Crippen molar-refractivity contribution in [2.75, 3.05) is 0 Å². The highest BCUT2D eigenvalue weighted by Gasteiger charge is 2.29. The molecule has 15 aromatic rings. The molecule has 0 spiro atoms. The summed E-state index contributed by atoms with van der Waals surface area (Å²) < 4.78 is 14.1. The first-order valence-electron chi connectivity index (χ1n) is 22.0. The van der Waals surface area contributed by atoms with Gasteiger partial charge in [-0.15, -0.1) is 11.3 Å². The Balaban J connectivity index is 1.08. The summed E-state index contributed by atoms with van der Waals surface area (Å²) in [4.78, 5) is 11.8. The Bertz CT molecular complexity index is 4620. The number of rotatable bonds is 3. The van der Waals surface area contributed by atoms with E-state index in [1.54, 1.807) is 0 Å². The Morgan fingerprint density at radius 2 is 1.17 bits per heavy atom. The molecule has 0 N–H and O–H groups in total. The molecule has 64 heavy (non-hydrogen) atoms. The number of furan rings is 1.